The van der Waals surface area contributed by atoms with E-state index in [1.165, 1.54) is 18.2 Å². The van der Waals surface area contributed by atoms with Crippen LogP contribution in [0.3, 0.4) is 0 Å². The van der Waals surface area contributed by atoms with E-state index in [0.29, 0.717) is 17.7 Å². The molecule has 0 bridgehead atoms. The van der Waals surface area contributed by atoms with Crippen LogP contribution in [0.25, 0.3) is 0 Å². The Morgan fingerprint density at radius 3 is 2.45 bits per heavy atom. The summed E-state index contributed by atoms with van der Waals surface area (Å²) in [7, 11) is 0. The number of carbonyl (C=O) groups is 2. The van der Waals surface area contributed by atoms with Crippen LogP contribution in [0.15, 0.2) is 9.64 Å². The van der Waals surface area contributed by atoms with Crippen molar-refractivity contribution in [2.75, 3.05) is 12.3 Å². The number of rotatable bonds is 11. The number of nitrogens with one attached hydrogen (secondary N) is 2. The first-order chi connectivity index (χ1) is 13.4. The molecular formula is C20H35ClN4O3S. The van der Waals surface area contributed by atoms with E-state index in [4.69, 9.17) is 4.42 Å². The van der Waals surface area contributed by atoms with E-state index >= 15 is 0 Å². The molecule has 1 atom stereocenters. The number of Topliss-reactive ketones (excluding diaryl/α,β-unsaturated/α-hetero) is 1. The number of amides is 1. The number of carbonyl (C=O) groups excluding carboxylic acids is 2. The van der Waals surface area contributed by atoms with E-state index in [1.54, 1.807) is 0 Å². The second-order valence-corrected chi connectivity index (χ2v) is 9.27. The summed E-state index contributed by atoms with van der Waals surface area (Å²) in [5.74, 6) is 0.721. The Hall–Kier alpha value is -1.12. The number of hydrogen-bond acceptors (Lipinski definition) is 7. The van der Waals surface area contributed by atoms with Crippen LogP contribution in [0, 0.1) is 11.8 Å². The lowest BCUT2D eigenvalue weighted by Gasteiger charge is -2.24. The van der Waals surface area contributed by atoms with Crippen molar-refractivity contribution in [2.45, 2.75) is 83.5 Å². The number of hydrogen-bond donors (Lipinski definition) is 2. The number of halogens is 1. The Morgan fingerprint density at radius 1 is 1.14 bits per heavy atom. The minimum atomic E-state index is -0.615. The second kappa shape index (κ2) is 13.2. The van der Waals surface area contributed by atoms with Gasteiger partial charge in [0.1, 0.15) is 0 Å². The fourth-order valence-corrected chi connectivity index (χ4v) is 3.99. The molecule has 7 nitrogen and oxygen atoms in total. The van der Waals surface area contributed by atoms with Gasteiger partial charge < -0.3 is 15.1 Å². The van der Waals surface area contributed by atoms with Gasteiger partial charge in [0.25, 0.3) is 11.1 Å². The molecule has 1 aromatic rings. The summed E-state index contributed by atoms with van der Waals surface area (Å²) in [6.07, 6.45) is 5.71. The Bertz CT molecular complexity index is 633. The Balaban J connectivity index is 0.00000420. The molecular weight excluding hydrogens is 412 g/mol. The minimum absolute atomic E-state index is 0. The molecule has 1 amide bonds. The third-order valence-corrected chi connectivity index (χ3v) is 5.63. The van der Waals surface area contributed by atoms with Crippen molar-refractivity contribution in [3.8, 4) is 0 Å². The highest BCUT2D eigenvalue weighted by molar-refractivity contribution is 7.99. The van der Waals surface area contributed by atoms with Crippen molar-refractivity contribution in [2.24, 2.45) is 11.8 Å². The molecule has 1 heterocycles. The number of nitrogens with zero attached hydrogens (tertiary/aromatic N) is 2. The van der Waals surface area contributed by atoms with Crippen LogP contribution < -0.4 is 10.6 Å². The third kappa shape index (κ3) is 9.05. The van der Waals surface area contributed by atoms with E-state index in [-0.39, 0.29) is 41.8 Å². The van der Waals surface area contributed by atoms with E-state index < -0.39 is 6.04 Å². The first kappa shape index (κ1) is 25.9. The molecule has 2 N–H and O–H groups in total. The minimum Gasteiger partial charge on any atom is -0.408 e. The maximum absolute atomic E-state index is 12.9. The smallest absolute Gasteiger partial charge is 0.286 e. The normalized spacial score (nSPS) is 15.9. The van der Waals surface area contributed by atoms with Gasteiger partial charge in [-0.3, -0.25) is 9.59 Å². The van der Waals surface area contributed by atoms with Crippen LogP contribution in [0.1, 0.15) is 76.9 Å². The molecule has 0 aromatic carbocycles. The van der Waals surface area contributed by atoms with Crippen LogP contribution in [0.5, 0.6) is 0 Å². The average Bonchev–Trinajstić information content (AvgIpc) is 3.13. The fraction of sp³-hybridized carbons (Fsp3) is 0.800. The molecule has 1 saturated carbocycles. The molecule has 1 aromatic heterocycles. The van der Waals surface area contributed by atoms with Crippen molar-refractivity contribution in [1.82, 2.24) is 20.8 Å². The fourth-order valence-electron chi connectivity index (χ4n) is 3.36. The van der Waals surface area contributed by atoms with Gasteiger partial charge in [-0.15, -0.1) is 22.6 Å². The van der Waals surface area contributed by atoms with Crippen LogP contribution >= 0.6 is 24.2 Å². The number of aromatic nitrogens is 2. The lowest BCUT2D eigenvalue weighted by Crippen LogP contribution is -2.45. The standard InChI is InChI=1S/C20H34N4O3S.ClH/c1-13(2)12-16(22-18(26)15-8-6-5-7-9-15)17(25)19-23-24-20(27-19)28-11-10-21-14(3)4;/h13-16,21H,5-12H2,1-4H3,(H,22,26);1H/t16-;/m0./s1. The van der Waals surface area contributed by atoms with E-state index in [9.17, 15) is 9.59 Å². The van der Waals surface area contributed by atoms with Gasteiger partial charge in [-0.2, -0.15) is 0 Å². The molecule has 1 aliphatic carbocycles. The Morgan fingerprint density at radius 2 is 1.83 bits per heavy atom. The van der Waals surface area contributed by atoms with Gasteiger partial charge in [0.15, 0.2) is 0 Å². The Labute approximate surface area is 184 Å². The molecule has 0 saturated heterocycles. The van der Waals surface area contributed by atoms with Crippen LogP contribution in [-0.4, -0.2) is 46.3 Å². The summed E-state index contributed by atoms with van der Waals surface area (Å²) in [6, 6.07) is -0.194. The van der Waals surface area contributed by atoms with Crippen LogP contribution in [0.2, 0.25) is 0 Å². The highest BCUT2D eigenvalue weighted by atomic mass is 35.5. The van der Waals surface area contributed by atoms with Gasteiger partial charge in [-0.25, -0.2) is 0 Å². The first-order valence-corrected chi connectivity index (χ1v) is 11.4. The van der Waals surface area contributed by atoms with E-state index in [2.05, 4.69) is 34.7 Å². The zero-order chi connectivity index (χ0) is 20.5. The largest absolute Gasteiger partial charge is 0.408 e. The van der Waals surface area contributed by atoms with Gasteiger partial charge in [0, 0.05) is 24.3 Å². The molecule has 0 radical (unpaired) electrons. The van der Waals surface area contributed by atoms with Crippen molar-refractivity contribution in [3.63, 3.8) is 0 Å². The van der Waals surface area contributed by atoms with Gasteiger partial charge in [0.2, 0.25) is 11.7 Å². The maximum atomic E-state index is 12.9. The monoisotopic (exact) mass is 446 g/mol. The summed E-state index contributed by atoms with van der Waals surface area (Å²) >= 11 is 1.42. The molecule has 166 valence electrons. The van der Waals surface area contributed by atoms with Crippen molar-refractivity contribution in [3.05, 3.63) is 5.89 Å². The van der Waals surface area contributed by atoms with E-state index in [0.717, 1.165) is 38.0 Å². The Kier molecular flexibility index (Phi) is 11.8. The van der Waals surface area contributed by atoms with Crippen molar-refractivity contribution in [1.29, 1.82) is 0 Å². The zero-order valence-corrected chi connectivity index (χ0v) is 19.5. The topological polar surface area (TPSA) is 97.1 Å². The van der Waals surface area contributed by atoms with Gasteiger partial charge in [-0.05, 0) is 25.2 Å². The highest BCUT2D eigenvalue weighted by Gasteiger charge is 2.30. The predicted octanol–water partition coefficient (Wildman–Crippen LogP) is 3.88. The number of thioether (sulfide) groups is 1. The number of ketones is 1. The predicted molar refractivity (Wildman–Crippen MR) is 118 cm³/mol. The molecule has 1 fully saturated rings. The molecule has 0 aliphatic heterocycles. The molecule has 9 heteroatoms. The summed E-state index contributed by atoms with van der Waals surface area (Å²) < 4.78 is 5.55. The molecule has 1 aliphatic rings. The van der Waals surface area contributed by atoms with Crippen LogP contribution in [0.4, 0.5) is 0 Å². The van der Waals surface area contributed by atoms with Crippen molar-refractivity contribution < 1.29 is 14.0 Å². The summed E-state index contributed by atoms with van der Waals surface area (Å²) in [5, 5.41) is 14.5. The molecule has 0 unspecified atom stereocenters. The SMILES string of the molecule is CC(C)C[C@H](NC(=O)C1CCCCC1)C(=O)c1nnc(SCCNC(C)C)o1.Cl. The highest BCUT2D eigenvalue weighted by Crippen LogP contribution is 2.24. The summed E-state index contributed by atoms with van der Waals surface area (Å²) in [5.41, 5.74) is 0. The first-order valence-electron chi connectivity index (χ1n) is 10.4. The van der Waals surface area contributed by atoms with Gasteiger partial charge in [0.05, 0.1) is 6.04 Å². The van der Waals surface area contributed by atoms with Crippen LogP contribution in [-0.2, 0) is 4.79 Å². The lowest BCUT2D eigenvalue weighted by atomic mass is 9.88. The summed E-state index contributed by atoms with van der Waals surface area (Å²) in [4.78, 5) is 25.5. The average molecular weight is 447 g/mol. The van der Waals surface area contributed by atoms with Gasteiger partial charge in [-0.1, -0.05) is 58.7 Å². The second-order valence-electron chi connectivity index (χ2n) is 8.22. The quantitative estimate of drug-likeness (QED) is 0.302. The summed E-state index contributed by atoms with van der Waals surface area (Å²) in [6.45, 7) is 9.06. The maximum Gasteiger partial charge on any atom is 0.286 e. The van der Waals surface area contributed by atoms with Crippen molar-refractivity contribution >= 4 is 35.9 Å². The van der Waals surface area contributed by atoms with Gasteiger partial charge >= 0.3 is 0 Å². The third-order valence-electron chi connectivity index (χ3n) is 4.81. The molecule has 2 rings (SSSR count). The lowest BCUT2D eigenvalue weighted by molar-refractivity contribution is -0.126. The van der Waals surface area contributed by atoms with E-state index in [1.807, 2.05) is 13.8 Å². The zero-order valence-electron chi connectivity index (χ0n) is 17.9. The molecule has 29 heavy (non-hydrogen) atoms. The molecule has 0 spiro atoms.